The minimum atomic E-state index is 0.424. The third kappa shape index (κ3) is 3.21. The predicted molar refractivity (Wildman–Crippen MR) is 73.9 cm³/mol. The van der Waals surface area contributed by atoms with E-state index in [0.717, 1.165) is 44.8 Å². The highest BCUT2D eigenvalue weighted by molar-refractivity contribution is 5.47. The van der Waals surface area contributed by atoms with Crippen molar-refractivity contribution in [1.82, 2.24) is 4.98 Å². The van der Waals surface area contributed by atoms with Gasteiger partial charge < -0.3 is 15.4 Å². The van der Waals surface area contributed by atoms with Gasteiger partial charge in [-0.25, -0.2) is 4.98 Å². The molecule has 0 bridgehead atoms. The van der Waals surface area contributed by atoms with E-state index >= 15 is 0 Å². The van der Waals surface area contributed by atoms with E-state index in [-0.39, 0.29) is 0 Å². The summed E-state index contributed by atoms with van der Waals surface area (Å²) in [5.41, 5.74) is 6.91. The number of anilines is 1. The van der Waals surface area contributed by atoms with Crippen molar-refractivity contribution in [2.45, 2.75) is 32.3 Å². The molecule has 0 radical (unpaired) electrons. The van der Waals surface area contributed by atoms with E-state index in [1.165, 1.54) is 5.56 Å². The normalized spacial score (nSPS) is 17.1. The van der Waals surface area contributed by atoms with Gasteiger partial charge in [-0.05, 0) is 44.4 Å². The lowest BCUT2D eigenvalue weighted by molar-refractivity contribution is 0.0458. The molecule has 2 N–H and O–H groups in total. The van der Waals surface area contributed by atoms with Crippen molar-refractivity contribution in [1.29, 1.82) is 0 Å². The maximum Gasteiger partial charge on any atom is 0.131 e. The first kappa shape index (κ1) is 13.3. The number of hydrogen-bond donors (Lipinski definition) is 1. The number of pyridine rings is 1. The van der Waals surface area contributed by atoms with E-state index in [1.807, 2.05) is 12.3 Å². The Bertz CT molecular complexity index is 362. The first-order valence-electron chi connectivity index (χ1n) is 6.85. The van der Waals surface area contributed by atoms with Crippen LogP contribution in [0.15, 0.2) is 18.3 Å². The number of piperidine rings is 1. The van der Waals surface area contributed by atoms with Crippen LogP contribution in [0.3, 0.4) is 0 Å². The molecular weight excluding hydrogens is 226 g/mol. The van der Waals surface area contributed by atoms with Crippen molar-refractivity contribution >= 4 is 5.82 Å². The molecule has 1 aliphatic heterocycles. The first-order valence-corrected chi connectivity index (χ1v) is 6.85. The second kappa shape index (κ2) is 6.71. The molecule has 0 saturated carbocycles. The molecule has 0 aliphatic carbocycles. The van der Waals surface area contributed by atoms with Gasteiger partial charge >= 0.3 is 0 Å². The SMILES string of the molecule is CCOC1CCN(c2ncccc2CCN)CC1. The molecule has 4 heteroatoms. The van der Waals surface area contributed by atoms with Gasteiger partial charge in [-0.1, -0.05) is 6.07 Å². The van der Waals surface area contributed by atoms with Crippen LogP contribution in [0.1, 0.15) is 25.3 Å². The maximum atomic E-state index is 5.68. The zero-order valence-corrected chi connectivity index (χ0v) is 11.1. The first-order chi connectivity index (χ1) is 8.85. The number of rotatable bonds is 5. The third-order valence-corrected chi connectivity index (χ3v) is 3.43. The highest BCUT2D eigenvalue weighted by atomic mass is 16.5. The summed E-state index contributed by atoms with van der Waals surface area (Å²) >= 11 is 0. The highest BCUT2D eigenvalue weighted by Crippen LogP contribution is 2.23. The fourth-order valence-corrected chi connectivity index (χ4v) is 2.54. The fourth-order valence-electron chi connectivity index (χ4n) is 2.54. The molecule has 0 atom stereocenters. The van der Waals surface area contributed by atoms with Crippen molar-refractivity contribution in [3.05, 3.63) is 23.9 Å². The molecule has 0 aromatic carbocycles. The summed E-state index contributed by atoms with van der Waals surface area (Å²) in [7, 11) is 0. The van der Waals surface area contributed by atoms with Crippen LogP contribution < -0.4 is 10.6 Å². The third-order valence-electron chi connectivity index (χ3n) is 3.43. The Morgan fingerprint density at radius 1 is 1.44 bits per heavy atom. The largest absolute Gasteiger partial charge is 0.378 e. The van der Waals surface area contributed by atoms with Crippen molar-refractivity contribution < 1.29 is 4.74 Å². The lowest BCUT2D eigenvalue weighted by Gasteiger charge is -2.33. The van der Waals surface area contributed by atoms with Crippen LogP contribution in [0.2, 0.25) is 0 Å². The van der Waals surface area contributed by atoms with Crippen molar-refractivity contribution in [2.24, 2.45) is 5.73 Å². The maximum absolute atomic E-state index is 5.68. The van der Waals surface area contributed by atoms with Crippen LogP contribution in [-0.4, -0.2) is 37.3 Å². The average Bonchev–Trinajstić information content (AvgIpc) is 2.41. The van der Waals surface area contributed by atoms with Gasteiger partial charge in [0.15, 0.2) is 0 Å². The molecule has 1 aliphatic rings. The van der Waals surface area contributed by atoms with Gasteiger partial charge in [-0.2, -0.15) is 0 Å². The molecule has 2 heterocycles. The molecule has 1 saturated heterocycles. The zero-order chi connectivity index (χ0) is 12.8. The van der Waals surface area contributed by atoms with Crippen LogP contribution in [0.5, 0.6) is 0 Å². The van der Waals surface area contributed by atoms with Crippen molar-refractivity contribution in [3.8, 4) is 0 Å². The molecule has 0 spiro atoms. The van der Waals surface area contributed by atoms with E-state index in [1.54, 1.807) is 0 Å². The van der Waals surface area contributed by atoms with E-state index in [4.69, 9.17) is 10.5 Å². The molecule has 1 fully saturated rings. The van der Waals surface area contributed by atoms with Gasteiger partial charge in [0.2, 0.25) is 0 Å². The molecule has 100 valence electrons. The van der Waals surface area contributed by atoms with E-state index < -0.39 is 0 Å². The second-order valence-corrected chi connectivity index (χ2v) is 4.67. The Balaban J connectivity index is 2.00. The van der Waals surface area contributed by atoms with Gasteiger partial charge in [0.05, 0.1) is 6.10 Å². The van der Waals surface area contributed by atoms with E-state index in [0.29, 0.717) is 12.6 Å². The summed E-state index contributed by atoms with van der Waals surface area (Å²) in [5, 5.41) is 0. The minimum Gasteiger partial charge on any atom is -0.378 e. The van der Waals surface area contributed by atoms with Gasteiger partial charge in [0, 0.05) is 25.9 Å². The van der Waals surface area contributed by atoms with Crippen molar-refractivity contribution in [3.63, 3.8) is 0 Å². The molecule has 0 unspecified atom stereocenters. The van der Waals surface area contributed by atoms with Gasteiger partial charge in [-0.3, -0.25) is 0 Å². The standard InChI is InChI=1S/C14H23N3O/c1-2-18-13-6-10-17(11-7-13)14-12(5-8-15)4-3-9-16-14/h3-4,9,13H,2,5-8,10-11,15H2,1H3. The molecule has 1 aromatic heterocycles. The molecule has 4 nitrogen and oxygen atoms in total. The number of nitrogens with zero attached hydrogens (tertiary/aromatic N) is 2. The highest BCUT2D eigenvalue weighted by Gasteiger charge is 2.21. The Morgan fingerprint density at radius 3 is 2.89 bits per heavy atom. The summed E-state index contributed by atoms with van der Waals surface area (Å²) in [4.78, 5) is 6.88. The summed E-state index contributed by atoms with van der Waals surface area (Å²) in [6.07, 6.45) is 5.37. The number of ether oxygens (including phenoxy) is 1. The van der Waals surface area contributed by atoms with Crippen molar-refractivity contribution in [2.75, 3.05) is 31.1 Å². The topological polar surface area (TPSA) is 51.4 Å². The van der Waals surface area contributed by atoms with Gasteiger partial charge in [-0.15, -0.1) is 0 Å². The van der Waals surface area contributed by atoms with Crippen LogP contribution >= 0.6 is 0 Å². The Labute approximate surface area is 109 Å². The van der Waals surface area contributed by atoms with Crippen LogP contribution in [0.4, 0.5) is 5.82 Å². The molecule has 1 aromatic rings. The predicted octanol–water partition coefficient (Wildman–Crippen LogP) is 1.59. The molecule has 18 heavy (non-hydrogen) atoms. The Kier molecular flexibility index (Phi) is 4.96. The average molecular weight is 249 g/mol. The summed E-state index contributed by atoms with van der Waals surface area (Å²) < 4.78 is 5.68. The zero-order valence-electron chi connectivity index (χ0n) is 11.1. The fraction of sp³-hybridized carbons (Fsp3) is 0.643. The van der Waals surface area contributed by atoms with E-state index in [9.17, 15) is 0 Å². The van der Waals surface area contributed by atoms with E-state index in [2.05, 4.69) is 22.9 Å². The monoisotopic (exact) mass is 249 g/mol. The lowest BCUT2D eigenvalue weighted by Crippen LogP contribution is -2.38. The Morgan fingerprint density at radius 2 is 2.22 bits per heavy atom. The minimum absolute atomic E-state index is 0.424. The smallest absolute Gasteiger partial charge is 0.131 e. The second-order valence-electron chi connectivity index (χ2n) is 4.67. The van der Waals surface area contributed by atoms with Gasteiger partial charge in [0.25, 0.3) is 0 Å². The van der Waals surface area contributed by atoms with Crippen LogP contribution in [-0.2, 0) is 11.2 Å². The Hall–Kier alpha value is -1.13. The van der Waals surface area contributed by atoms with Crippen LogP contribution in [0, 0.1) is 0 Å². The molecule has 2 rings (SSSR count). The quantitative estimate of drug-likeness (QED) is 0.861. The summed E-state index contributed by atoms with van der Waals surface area (Å²) in [5.74, 6) is 1.11. The lowest BCUT2D eigenvalue weighted by atomic mass is 10.1. The number of nitrogens with two attached hydrogens (primary N) is 1. The van der Waals surface area contributed by atoms with Gasteiger partial charge in [0.1, 0.15) is 5.82 Å². The summed E-state index contributed by atoms with van der Waals surface area (Å²) in [6, 6.07) is 4.12. The molecular formula is C14H23N3O. The molecule has 0 amide bonds. The summed E-state index contributed by atoms with van der Waals surface area (Å²) in [6.45, 7) is 5.60. The number of aromatic nitrogens is 1. The van der Waals surface area contributed by atoms with Crippen LogP contribution in [0.25, 0.3) is 0 Å². The number of hydrogen-bond acceptors (Lipinski definition) is 4.